The Balaban J connectivity index is 1.50. The number of para-hydroxylation sites is 1. The Bertz CT molecular complexity index is 1180. The first-order valence-electron chi connectivity index (χ1n) is 10.6. The van der Waals surface area contributed by atoms with E-state index in [-0.39, 0.29) is 5.78 Å². The smallest absolute Gasteiger partial charge is 0.147 e. The molecule has 6 heteroatoms. The Hall–Kier alpha value is -3.51. The lowest BCUT2D eigenvalue weighted by Gasteiger charge is -2.13. The van der Waals surface area contributed by atoms with Crippen molar-refractivity contribution >= 4 is 28.5 Å². The quantitative estimate of drug-likeness (QED) is 0.318. The lowest BCUT2D eigenvalue weighted by Crippen LogP contribution is -1.95. The third kappa shape index (κ3) is 5.39. The van der Waals surface area contributed by atoms with E-state index < -0.39 is 0 Å². The maximum Gasteiger partial charge on any atom is 0.147 e. The van der Waals surface area contributed by atoms with E-state index in [0.29, 0.717) is 6.42 Å². The molecule has 0 radical (unpaired) electrons. The summed E-state index contributed by atoms with van der Waals surface area (Å²) in [4.78, 5) is 11.3. The van der Waals surface area contributed by atoms with Crippen LogP contribution < -0.4 is 10.1 Å². The van der Waals surface area contributed by atoms with Gasteiger partial charge >= 0.3 is 0 Å². The van der Waals surface area contributed by atoms with Crippen LogP contribution in [0, 0.1) is 0 Å². The molecular formula is C26H25N3O2S. The van der Waals surface area contributed by atoms with Gasteiger partial charge in [-0.3, -0.25) is 4.79 Å². The van der Waals surface area contributed by atoms with Gasteiger partial charge in [0.1, 0.15) is 21.5 Å². The highest BCUT2D eigenvalue weighted by Gasteiger charge is 2.09. The molecule has 0 aliphatic rings. The Morgan fingerprint density at radius 2 is 1.66 bits per heavy atom. The number of rotatable bonds is 9. The van der Waals surface area contributed by atoms with Crippen LogP contribution in [0.5, 0.6) is 5.75 Å². The van der Waals surface area contributed by atoms with Gasteiger partial charge in [0.2, 0.25) is 0 Å². The molecule has 4 rings (SSSR count). The predicted octanol–water partition coefficient (Wildman–Crippen LogP) is 6.54. The van der Waals surface area contributed by atoms with E-state index in [1.165, 1.54) is 11.3 Å². The molecule has 1 N–H and O–H groups in total. The number of carbonyl (C=O) groups is 1. The Labute approximate surface area is 192 Å². The molecule has 0 aliphatic heterocycles. The molecule has 32 heavy (non-hydrogen) atoms. The summed E-state index contributed by atoms with van der Waals surface area (Å²) in [5.74, 6) is 0.980. The van der Waals surface area contributed by atoms with Crippen LogP contribution in [-0.2, 0) is 11.2 Å². The fourth-order valence-electron chi connectivity index (χ4n) is 3.30. The number of hydrogen-bond acceptors (Lipinski definition) is 6. The standard InChI is InChI=1S/C26H25N3O2S/c1-3-16-31-22-14-10-19(11-15-22)23-6-4-5-7-24(23)27-21-12-8-20(9-13-21)26-29-28-25(32-26)17-18(2)30/h4-15,27H,3,16-17H2,1-2H3. The minimum atomic E-state index is 0.0917. The maximum atomic E-state index is 11.3. The third-order valence-electron chi connectivity index (χ3n) is 4.84. The lowest BCUT2D eigenvalue weighted by atomic mass is 10.0. The summed E-state index contributed by atoms with van der Waals surface area (Å²) in [6.07, 6.45) is 1.33. The molecule has 0 aliphatic carbocycles. The second kappa shape index (κ2) is 10.2. The van der Waals surface area contributed by atoms with E-state index in [1.54, 1.807) is 6.92 Å². The van der Waals surface area contributed by atoms with Crippen LogP contribution >= 0.6 is 11.3 Å². The van der Waals surface area contributed by atoms with E-state index in [4.69, 9.17) is 4.74 Å². The van der Waals surface area contributed by atoms with E-state index in [9.17, 15) is 4.79 Å². The molecule has 3 aromatic carbocycles. The Kier molecular flexibility index (Phi) is 6.92. The van der Waals surface area contributed by atoms with Crippen molar-refractivity contribution in [2.24, 2.45) is 0 Å². The second-order valence-electron chi connectivity index (χ2n) is 7.50. The third-order valence-corrected chi connectivity index (χ3v) is 5.82. The average molecular weight is 444 g/mol. The van der Waals surface area contributed by atoms with E-state index in [2.05, 4.69) is 46.7 Å². The molecule has 1 aromatic heterocycles. The topological polar surface area (TPSA) is 64.1 Å². The van der Waals surface area contributed by atoms with Crippen molar-refractivity contribution in [2.75, 3.05) is 11.9 Å². The number of benzene rings is 3. The van der Waals surface area contributed by atoms with Crippen molar-refractivity contribution in [3.63, 3.8) is 0 Å². The Morgan fingerprint density at radius 3 is 2.38 bits per heavy atom. The summed E-state index contributed by atoms with van der Waals surface area (Å²) in [5, 5.41) is 13.4. The number of hydrogen-bond donors (Lipinski definition) is 1. The van der Waals surface area contributed by atoms with Gasteiger partial charge in [-0.15, -0.1) is 10.2 Å². The number of carbonyl (C=O) groups excluding carboxylic acids is 1. The van der Waals surface area contributed by atoms with Gasteiger partial charge in [-0.1, -0.05) is 48.6 Å². The molecule has 0 saturated heterocycles. The fourth-order valence-corrected chi connectivity index (χ4v) is 4.22. The van der Waals surface area contributed by atoms with Gasteiger partial charge in [-0.05, 0) is 61.4 Å². The molecule has 0 bridgehead atoms. The van der Waals surface area contributed by atoms with Crippen molar-refractivity contribution in [3.05, 3.63) is 77.8 Å². The van der Waals surface area contributed by atoms with Crippen LogP contribution in [-0.4, -0.2) is 22.6 Å². The second-order valence-corrected chi connectivity index (χ2v) is 8.56. The van der Waals surface area contributed by atoms with Crippen LogP contribution in [0.1, 0.15) is 25.3 Å². The molecule has 4 aromatic rings. The minimum absolute atomic E-state index is 0.0917. The summed E-state index contributed by atoms with van der Waals surface area (Å²) in [6.45, 7) is 4.39. The highest BCUT2D eigenvalue weighted by Crippen LogP contribution is 2.32. The van der Waals surface area contributed by atoms with Crippen LogP contribution in [0.4, 0.5) is 11.4 Å². The first-order chi connectivity index (χ1) is 15.6. The number of Topliss-reactive ketones (excluding diaryl/α,β-unsaturated/α-hetero) is 1. The van der Waals surface area contributed by atoms with Gasteiger partial charge in [0, 0.05) is 22.5 Å². The summed E-state index contributed by atoms with van der Waals surface area (Å²) >= 11 is 1.46. The van der Waals surface area contributed by atoms with E-state index >= 15 is 0 Å². The van der Waals surface area contributed by atoms with Crippen LogP contribution in [0.15, 0.2) is 72.8 Å². The summed E-state index contributed by atoms with van der Waals surface area (Å²) < 4.78 is 5.70. The number of nitrogens with zero attached hydrogens (tertiary/aromatic N) is 2. The zero-order chi connectivity index (χ0) is 22.3. The Morgan fingerprint density at radius 1 is 0.938 bits per heavy atom. The zero-order valence-corrected chi connectivity index (χ0v) is 19.0. The molecule has 1 heterocycles. The summed E-state index contributed by atoms with van der Waals surface area (Å²) in [6, 6.07) is 24.5. The molecule has 0 unspecified atom stereocenters. The number of aromatic nitrogens is 2. The highest BCUT2D eigenvalue weighted by molar-refractivity contribution is 7.14. The zero-order valence-electron chi connectivity index (χ0n) is 18.2. The van der Waals surface area contributed by atoms with Gasteiger partial charge in [0.25, 0.3) is 0 Å². The molecule has 0 saturated carbocycles. The molecular weight excluding hydrogens is 418 g/mol. The number of nitrogens with one attached hydrogen (secondary N) is 1. The van der Waals surface area contributed by atoms with Crippen molar-refractivity contribution in [3.8, 4) is 27.4 Å². The molecule has 0 amide bonds. The summed E-state index contributed by atoms with van der Waals surface area (Å²) in [7, 11) is 0. The SMILES string of the molecule is CCCOc1ccc(-c2ccccc2Nc2ccc(-c3nnc(CC(C)=O)s3)cc2)cc1. The molecule has 0 fully saturated rings. The number of anilines is 2. The molecule has 0 atom stereocenters. The van der Waals surface area contributed by atoms with Gasteiger partial charge in [0.15, 0.2) is 0 Å². The van der Waals surface area contributed by atoms with Gasteiger partial charge in [0.05, 0.1) is 13.0 Å². The van der Waals surface area contributed by atoms with Crippen molar-refractivity contribution in [1.29, 1.82) is 0 Å². The average Bonchev–Trinajstić information content (AvgIpc) is 3.27. The number of ether oxygens (including phenoxy) is 1. The highest BCUT2D eigenvalue weighted by atomic mass is 32.1. The monoisotopic (exact) mass is 443 g/mol. The molecule has 162 valence electrons. The lowest BCUT2D eigenvalue weighted by molar-refractivity contribution is -0.116. The summed E-state index contributed by atoms with van der Waals surface area (Å²) in [5.41, 5.74) is 5.25. The van der Waals surface area contributed by atoms with Crippen molar-refractivity contribution < 1.29 is 9.53 Å². The van der Waals surface area contributed by atoms with Crippen LogP contribution in [0.3, 0.4) is 0 Å². The van der Waals surface area contributed by atoms with E-state index in [1.807, 2.05) is 48.5 Å². The van der Waals surface area contributed by atoms with Gasteiger partial charge < -0.3 is 10.1 Å². The number of ketones is 1. The van der Waals surface area contributed by atoms with Gasteiger partial charge in [-0.2, -0.15) is 0 Å². The van der Waals surface area contributed by atoms with Gasteiger partial charge in [-0.25, -0.2) is 0 Å². The first-order valence-corrected chi connectivity index (χ1v) is 11.5. The van der Waals surface area contributed by atoms with Crippen molar-refractivity contribution in [1.82, 2.24) is 10.2 Å². The maximum absolute atomic E-state index is 11.3. The predicted molar refractivity (Wildman–Crippen MR) is 131 cm³/mol. The van der Waals surface area contributed by atoms with Crippen LogP contribution in [0.2, 0.25) is 0 Å². The first kappa shape index (κ1) is 21.7. The van der Waals surface area contributed by atoms with Crippen LogP contribution in [0.25, 0.3) is 21.7 Å². The minimum Gasteiger partial charge on any atom is -0.494 e. The molecule has 0 spiro atoms. The van der Waals surface area contributed by atoms with E-state index in [0.717, 1.165) is 56.9 Å². The normalized spacial score (nSPS) is 10.7. The van der Waals surface area contributed by atoms with Crippen molar-refractivity contribution in [2.45, 2.75) is 26.7 Å². The largest absolute Gasteiger partial charge is 0.494 e. The fraction of sp³-hybridized carbons (Fsp3) is 0.192. The molecule has 5 nitrogen and oxygen atoms in total.